The molecule has 1 atom stereocenters. The van der Waals surface area contributed by atoms with Crippen LogP contribution >= 0.6 is 22.7 Å². The van der Waals surface area contributed by atoms with Gasteiger partial charge in [0.2, 0.25) is 0 Å². The van der Waals surface area contributed by atoms with Gasteiger partial charge in [-0.2, -0.15) is 0 Å². The first-order chi connectivity index (χ1) is 12.9. The number of esters is 1. The van der Waals surface area contributed by atoms with Crippen LogP contribution in [0.1, 0.15) is 34.9 Å². The molecule has 0 bridgehead atoms. The molecule has 3 rings (SSSR count). The predicted molar refractivity (Wildman–Crippen MR) is 104 cm³/mol. The number of nitrogens with one attached hydrogen (secondary N) is 1. The van der Waals surface area contributed by atoms with E-state index in [1.165, 1.54) is 33.1 Å². The molecule has 27 heavy (non-hydrogen) atoms. The minimum atomic E-state index is -0.784. The van der Waals surface area contributed by atoms with E-state index in [4.69, 9.17) is 4.74 Å². The highest BCUT2D eigenvalue weighted by Gasteiger charge is 2.26. The Balaban J connectivity index is 1.69. The van der Waals surface area contributed by atoms with Gasteiger partial charge in [0.05, 0.1) is 10.6 Å². The smallest absolute Gasteiger partial charge is 0.329 e. The fourth-order valence-electron chi connectivity index (χ4n) is 2.53. The Hall–Kier alpha value is -2.52. The molecule has 7 nitrogen and oxygen atoms in total. The minimum absolute atomic E-state index is 0.125. The topological polar surface area (TPSA) is 89.8 Å². The number of carbonyl (C=O) groups is 2. The first kappa shape index (κ1) is 19.2. The summed E-state index contributed by atoms with van der Waals surface area (Å²) >= 11 is 2.65. The van der Waals surface area contributed by atoms with Crippen molar-refractivity contribution in [2.75, 3.05) is 0 Å². The average molecular weight is 406 g/mol. The number of fused-ring (bicyclic) bond motifs is 1. The van der Waals surface area contributed by atoms with Crippen molar-refractivity contribution in [1.82, 2.24) is 14.7 Å². The third-order valence-corrected chi connectivity index (χ3v) is 5.76. The summed E-state index contributed by atoms with van der Waals surface area (Å²) in [6.45, 7) is 5.35. The number of rotatable bonds is 6. The van der Waals surface area contributed by atoms with E-state index in [9.17, 15) is 14.4 Å². The molecule has 142 valence electrons. The number of hydrogen-bond acceptors (Lipinski definition) is 7. The number of thiazole rings is 1. The van der Waals surface area contributed by atoms with Gasteiger partial charge in [-0.3, -0.25) is 14.0 Å². The van der Waals surface area contributed by atoms with Crippen LogP contribution in [0.3, 0.4) is 0 Å². The molecule has 1 unspecified atom stereocenters. The summed E-state index contributed by atoms with van der Waals surface area (Å²) in [6.07, 6.45) is 0. The normalized spacial score (nSPS) is 12.3. The molecule has 0 saturated heterocycles. The third-order valence-electron chi connectivity index (χ3n) is 3.94. The highest BCUT2D eigenvalue weighted by atomic mass is 32.1. The molecule has 0 aliphatic heterocycles. The van der Waals surface area contributed by atoms with Gasteiger partial charge in [0.15, 0.2) is 4.96 Å². The van der Waals surface area contributed by atoms with Crippen LogP contribution in [0.4, 0.5) is 0 Å². The molecule has 3 aromatic heterocycles. The minimum Gasteiger partial charge on any atom is -0.458 e. The van der Waals surface area contributed by atoms with Gasteiger partial charge in [0, 0.05) is 17.1 Å². The van der Waals surface area contributed by atoms with E-state index >= 15 is 0 Å². The zero-order valence-corrected chi connectivity index (χ0v) is 16.7. The maximum absolute atomic E-state index is 12.5. The highest BCUT2D eigenvalue weighted by molar-refractivity contribution is 7.15. The molecule has 3 aromatic rings. The van der Waals surface area contributed by atoms with Crippen molar-refractivity contribution in [3.63, 3.8) is 0 Å². The largest absolute Gasteiger partial charge is 0.458 e. The van der Waals surface area contributed by atoms with E-state index in [0.29, 0.717) is 15.5 Å². The fraction of sp³-hybridized carbons (Fsp3) is 0.333. The SMILES string of the molecule is Cc1csc2nc(COC(=O)C(NC(=O)c3cccs3)C(C)C)cc(=O)n12. The number of thiophene rings is 1. The van der Waals surface area contributed by atoms with Gasteiger partial charge in [-0.1, -0.05) is 19.9 Å². The van der Waals surface area contributed by atoms with E-state index < -0.39 is 12.0 Å². The summed E-state index contributed by atoms with van der Waals surface area (Å²) < 4.78 is 6.83. The number of aromatic nitrogens is 2. The van der Waals surface area contributed by atoms with E-state index in [1.807, 2.05) is 26.2 Å². The van der Waals surface area contributed by atoms with Gasteiger partial charge in [0.25, 0.3) is 11.5 Å². The number of hydrogen-bond donors (Lipinski definition) is 1. The fourth-order valence-corrected chi connectivity index (χ4v) is 4.05. The Bertz CT molecular complexity index is 1020. The monoisotopic (exact) mass is 405 g/mol. The van der Waals surface area contributed by atoms with Gasteiger partial charge < -0.3 is 10.1 Å². The third kappa shape index (κ3) is 4.25. The summed E-state index contributed by atoms with van der Waals surface area (Å²) in [4.78, 5) is 42.3. The molecular formula is C18H19N3O4S2. The standard InChI is InChI=1S/C18H19N3O4S2/c1-10(2)15(20-16(23)13-5-4-6-26-13)17(24)25-8-12-7-14(22)21-11(3)9-27-18(21)19-12/h4-7,9-10,15H,8H2,1-3H3,(H,20,23). The van der Waals surface area contributed by atoms with Crippen molar-refractivity contribution in [2.45, 2.75) is 33.4 Å². The van der Waals surface area contributed by atoms with E-state index in [0.717, 1.165) is 5.69 Å². The summed E-state index contributed by atoms with van der Waals surface area (Å²) in [7, 11) is 0. The van der Waals surface area contributed by atoms with Crippen LogP contribution in [0, 0.1) is 12.8 Å². The lowest BCUT2D eigenvalue weighted by molar-refractivity contribution is -0.148. The molecule has 0 fully saturated rings. The van der Waals surface area contributed by atoms with Crippen LogP contribution < -0.4 is 10.9 Å². The first-order valence-electron chi connectivity index (χ1n) is 8.34. The molecular weight excluding hydrogens is 386 g/mol. The van der Waals surface area contributed by atoms with Crippen molar-refractivity contribution >= 4 is 39.5 Å². The average Bonchev–Trinajstić information content (AvgIpc) is 3.27. The molecule has 0 aliphatic carbocycles. The Labute approximate surface area is 163 Å². The summed E-state index contributed by atoms with van der Waals surface area (Å²) in [5.74, 6) is -1.02. The Morgan fingerprint density at radius 3 is 2.78 bits per heavy atom. The number of carbonyl (C=O) groups excluding carboxylic acids is 2. The predicted octanol–water partition coefficient (Wildman–Crippen LogP) is 2.62. The number of aryl methyl sites for hydroxylation is 1. The quantitative estimate of drug-likeness (QED) is 0.637. The Morgan fingerprint density at radius 1 is 1.33 bits per heavy atom. The number of nitrogens with zero attached hydrogens (tertiary/aromatic N) is 2. The van der Waals surface area contributed by atoms with Crippen molar-refractivity contribution in [3.05, 3.63) is 55.6 Å². The molecule has 0 radical (unpaired) electrons. The zero-order chi connectivity index (χ0) is 19.6. The molecule has 0 aliphatic rings. The number of amides is 1. The lowest BCUT2D eigenvalue weighted by Gasteiger charge is -2.20. The van der Waals surface area contributed by atoms with Crippen LogP contribution in [0.25, 0.3) is 4.96 Å². The maximum Gasteiger partial charge on any atom is 0.329 e. The van der Waals surface area contributed by atoms with Gasteiger partial charge in [-0.25, -0.2) is 9.78 Å². The second kappa shape index (κ2) is 8.01. The maximum atomic E-state index is 12.5. The van der Waals surface area contributed by atoms with Crippen molar-refractivity contribution < 1.29 is 14.3 Å². The summed E-state index contributed by atoms with van der Waals surface area (Å²) in [5.41, 5.74) is 0.978. The van der Waals surface area contributed by atoms with Crippen LogP contribution in [0.2, 0.25) is 0 Å². The highest BCUT2D eigenvalue weighted by Crippen LogP contribution is 2.13. The van der Waals surface area contributed by atoms with Crippen molar-refractivity contribution in [2.24, 2.45) is 5.92 Å². The van der Waals surface area contributed by atoms with E-state index in [-0.39, 0.29) is 24.0 Å². The molecule has 0 spiro atoms. The lowest BCUT2D eigenvalue weighted by atomic mass is 10.0. The first-order valence-corrected chi connectivity index (χ1v) is 10.1. The van der Waals surface area contributed by atoms with Crippen molar-refractivity contribution in [3.8, 4) is 0 Å². The van der Waals surface area contributed by atoms with Crippen LogP contribution in [0.5, 0.6) is 0 Å². The Kier molecular flexibility index (Phi) is 5.71. The molecule has 0 aromatic carbocycles. The molecule has 9 heteroatoms. The summed E-state index contributed by atoms with van der Waals surface area (Å²) in [5, 5.41) is 6.35. The van der Waals surface area contributed by atoms with Gasteiger partial charge in [0.1, 0.15) is 12.6 Å². The molecule has 3 heterocycles. The van der Waals surface area contributed by atoms with E-state index in [2.05, 4.69) is 10.3 Å². The molecule has 1 N–H and O–H groups in total. The number of ether oxygens (including phenoxy) is 1. The van der Waals surface area contributed by atoms with Crippen molar-refractivity contribution in [1.29, 1.82) is 0 Å². The second-order valence-electron chi connectivity index (χ2n) is 6.36. The van der Waals surface area contributed by atoms with Crippen LogP contribution in [0.15, 0.2) is 33.8 Å². The second-order valence-corrected chi connectivity index (χ2v) is 8.15. The molecule has 0 saturated carbocycles. The Morgan fingerprint density at radius 2 is 2.11 bits per heavy atom. The molecule has 1 amide bonds. The van der Waals surface area contributed by atoms with Gasteiger partial charge >= 0.3 is 5.97 Å². The zero-order valence-electron chi connectivity index (χ0n) is 15.1. The summed E-state index contributed by atoms with van der Waals surface area (Å²) in [6, 6.07) is 4.04. The van der Waals surface area contributed by atoms with Crippen LogP contribution in [-0.2, 0) is 16.1 Å². The van der Waals surface area contributed by atoms with Gasteiger partial charge in [-0.15, -0.1) is 22.7 Å². The van der Waals surface area contributed by atoms with E-state index in [1.54, 1.807) is 17.5 Å². The van der Waals surface area contributed by atoms with Crippen LogP contribution in [-0.4, -0.2) is 27.3 Å². The lowest BCUT2D eigenvalue weighted by Crippen LogP contribution is -2.45. The van der Waals surface area contributed by atoms with Gasteiger partial charge in [-0.05, 0) is 24.3 Å².